The minimum atomic E-state index is -5.19. The first kappa shape index (κ1) is 42.9. The van der Waals surface area contributed by atoms with Crippen LogP contribution in [0.1, 0.15) is 12.8 Å². The Labute approximate surface area is 320 Å². The molecule has 0 saturated heterocycles. The van der Waals surface area contributed by atoms with Gasteiger partial charge in [-0.2, -0.15) is 16.8 Å². The number of rotatable bonds is 16. The molecule has 0 aromatic heterocycles. The first-order valence-corrected chi connectivity index (χ1v) is 21.5. The standard InChI is InChI=1S/C32H32N6O14S4/c1-5-53(41,42)11-7-8-30(40)34-21-14-24(37-38-32-20(33)10-9-18-12-19(55(45,46)47)13-25(39)31(18)32)28(56(48,49)50)16-22(21)35-36-23-15-27(52-4)29(17-26(23)51-3)54(43,44)6-2/h5-6,9-10,12-17,39H,1-2,7-8,11,33H2,3-4H3,(H,34,40)(H,45,46,47)(H,48,49,50). The third-order valence-corrected chi connectivity index (χ3v) is 12.1. The van der Waals surface area contributed by atoms with Crippen LogP contribution in [0.2, 0.25) is 0 Å². The largest absolute Gasteiger partial charge is 0.507 e. The average Bonchev–Trinajstić information content (AvgIpc) is 3.12. The summed E-state index contributed by atoms with van der Waals surface area (Å²) in [5, 5.41) is 30.3. The summed E-state index contributed by atoms with van der Waals surface area (Å²) < 4.78 is 128. The van der Waals surface area contributed by atoms with Gasteiger partial charge in [-0.25, -0.2) is 16.8 Å². The normalized spacial score (nSPS) is 12.6. The molecule has 0 fully saturated rings. The van der Waals surface area contributed by atoms with Crippen molar-refractivity contribution in [3.05, 3.63) is 72.5 Å². The molecule has 0 radical (unpaired) electrons. The Morgan fingerprint density at radius 3 is 2.02 bits per heavy atom. The van der Waals surface area contributed by atoms with E-state index in [1.165, 1.54) is 26.4 Å². The van der Waals surface area contributed by atoms with Gasteiger partial charge in [-0.1, -0.05) is 19.2 Å². The van der Waals surface area contributed by atoms with Crippen LogP contribution in [0.25, 0.3) is 10.8 Å². The second kappa shape index (κ2) is 16.5. The van der Waals surface area contributed by atoms with Gasteiger partial charge in [0.25, 0.3) is 20.2 Å². The zero-order valence-corrected chi connectivity index (χ0v) is 32.4. The summed E-state index contributed by atoms with van der Waals surface area (Å²) in [6.07, 6.45) is -0.533. The van der Waals surface area contributed by atoms with E-state index in [1.54, 1.807) is 0 Å². The van der Waals surface area contributed by atoms with E-state index in [1.807, 2.05) is 0 Å². The maximum atomic E-state index is 13.0. The molecule has 1 amide bonds. The average molecular weight is 853 g/mol. The van der Waals surface area contributed by atoms with Crippen LogP contribution < -0.4 is 20.5 Å². The lowest BCUT2D eigenvalue weighted by molar-refractivity contribution is -0.116. The van der Waals surface area contributed by atoms with Gasteiger partial charge in [0.05, 0.1) is 41.6 Å². The second-order valence-electron chi connectivity index (χ2n) is 11.3. The van der Waals surface area contributed by atoms with Crippen LogP contribution in [0.3, 0.4) is 0 Å². The molecule has 0 heterocycles. The quantitative estimate of drug-likeness (QED) is 0.0515. The van der Waals surface area contributed by atoms with E-state index in [2.05, 4.69) is 38.9 Å². The molecule has 4 aromatic rings. The lowest BCUT2D eigenvalue weighted by Gasteiger charge is -2.13. The molecule has 6 N–H and O–H groups in total. The molecular weight excluding hydrogens is 821 g/mol. The maximum absolute atomic E-state index is 13.0. The summed E-state index contributed by atoms with van der Waals surface area (Å²) in [6.45, 7) is 6.49. The topological polar surface area (TPSA) is 320 Å². The number of nitrogens with two attached hydrogens (primary N) is 1. The highest BCUT2D eigenvalue weighted by Gasteiger charge is 2.24. The van der Waals surface area contributed by atoms with E-state index >= 15 is 0 Å². The van der Waals surface area contributed by atoms with Crippen LogP contribution in [-0.2, 0) is 44.7 Å². The number of hydrogen-bond acceptors (Lipinski definition) is 17. The molecule has 0 atom stereocenters. The number of nitrogens with zero attached hydrogens (tertiary/aromatic N) is 4. The van der Waals surface area contributed by atoms with Crippen molar-refractivity contribution in [3.63, 3.8) is 0 Å². The highest BCUT2D eigenvalue weighted by atomic mass is 32.2. The van der Waals surface area contributed by atoms with E-state index in [9.17, 15) is 52.7 Å². The summed E-state index contributed by atoms with van der Waals surface area (Å²) in [5.74, 6) is -2.29. The second-order valence-corrected chi connectivity index (χ2v) is 18.0. The number of nitrogen functional groups attached to an aromatic ring is 1. The minimum Gasteiger partial charge on any atom is -0.507 e. The van der Waals surface area contributed by atoms with E-state index in [0.29, 0.717) is 11.5 Å². The van der Waals surface area contributed by atoms with Gasteiger partial charge >= 0.3 is 0 Å². The molecule has 0 spiro atoms. The predicted molar refractivity (Wildman–Crippen MR) is 203 cm³/mol. The zero-order chi connectivity index (χ0) is 41.8. The molecule has 56 heavy (non-hydrogen) atoms. The Kier molecular flexibility index (Phi) is 12.7. The number of phenolic OH excluding ortho intramolecular Hbond substituents is 1. The molecule has 20 nitrogen and oxygen atoms in total. The number of benzene rings is 4. The maximum Gasteiger partial charge on any atom is 0.296 e. The van der Waals surface area contributed by atoms with Crippen molar-refractivity contribution < 1.29 is 62.2 Å². The molecule has 0 aliphatic heterocycles. The van der Waals surface area contributed by atoms with Crippen molar-refractivity contribution in [1.29, 1.82) is 0 Å². The van der Waals surface area contributed by atoms with Gasteiger partial charge in [-0.15, -0.1) is 20.5 Å². The SMILES string of the molecule is C=CS(=O)(=O)CCCC(=O)Nc1cc(N=Nc2c(N)ccc3cc(S(=O)(=O)O)cc(O)c23)c(S(=O)(=O)O)cc1N=Nc1cc(OC)c(S(=O)(=O)C=C)cc1OC. The number of amides is 1. The van der Waals surface area contributed by atoms with Crippen LogP contribution in [-0.4, -0.2) is 73.8 Å². The Bertz CT molecular complexity index is 2790. The van der Waals surface area contributed by atoms with Gasteiger partial charge < -0.3 is 25.6 Å². The number of ether oxygens (including phenoxy) is 2. The third kappa shape index (κ3) is 9.89. The minimum absolute atomic E-state index is 0.0140. The van der Waals surface area contributed by atoms with Gasteiger partial charge in [-0.05, 0) is 36.1 Å². The van der Waals surface area contributed by atoms with Crippen molar-refractivity contribution in [1.82, 2.24) is 0 Å². The van der Waals surface area contributed by atoms with Gasteiger partial charge in [0.15, 0.2) is 9.84 Å². The van der Waals surface area contributed by atoms with Gasteiger partial charge in [-0.3, -0.25) is 13.9 Å². The molecule has 0 bridgehead atoms. The summed E-state index contributed by atoms with van der Waals surface area (Å²) in [6, 6.07) is 8.11. The lowest BCUT2D eigenvalue weighted by Crippen LogP contribution is -2.13. The van der Waals surface area contributed by atoms with Gasteiger partial charge in [0.2, 0.25) is 15.7 Å². The number of phenols is 1. The van der Waals surface area contributed by atoms with Crippen molar-refractivity contribution in [3.8, 4) is 17.2 Å². The van der Waals surface area contributed by atoms with Crippen molar-refractivity contribution in [2.24, 2.45) is 20.5 Å². The Balaban J connectivity index is 1.93. The Morgan fingerprint density at radius 1 is 0.786 bits per heavy atom. The first-order chi connectivity index (χ1) is 26.0. The van der Waals surface area contributed by atoms with E-state index in [0.717, 1.165) is 35.7 Å². The van der Waals surface area contributed by atoms with E-state index in [4.69, 9.17) is 15.2 Å². The molecule has 4 aromatic carbocycles. The molecule has 0 aliphatic rings. The van der Waals surface area contributed by atoms with Gasteiger partial charge in [0, 0.05) is 35.4 Å². The van der Waals surface area contributed by atoms with Crippen molar-refractivity contribution in [2.45, 2.75) is 27.5 Å². The summed E-state index contributed by atoms with van der Waals surface area (Å²) in [4.78, 5) is 11.1. The third-order valence-electron chi connectivity index (χ3n) is 7.60. The fourth-order valence-electron chi connectivity index (χ4n) is 4.88. The molecule has 298 valence electrons. The number of anilines is 2. The highest BCUT2D eigenvalue weighted by Crippen LogP contribution is 2.44. The number of aromatic hydroxyl groups is 1. The van der Waals surface area contributed by atoms with Crippen molar-refractivity contribution in [2.75, 3.05) is 31.0 Å². The fourth-order valence-corrected chi connectivity index (χ4v) is 7.63. The smallest absolute Gasteiger partial charge is 0.296 e. The number of nitrogens with one attached hydrogen (secondary N) is 1. The monoisotopic (exact) mass is 852 g/mol. The van der Waals surface area contributed by atoms with Crippen LogP contribution >= 0.6 is 0 Å². The number of azo groups is 2. The predicted octanol–water partition coefficient (Wildman–Crippen LogP) is 5.66. The lowest BCUT2D eigenvalue weighted by atomic mass is 10.1. The molecular formula is C32H32N6O14S4. The zero-order valence-electron chi connectivity index (χ0n) is 29.1. The van der Waals surface area contributed by atoms with Crippen LogP contribution in [0.15, 0.2) is 108 Å². The number of methoxy groups -OCH3 is 2. The fraction of sp³-hybridized carbons (Fsp3) is 0.156. The van der Waals surface area contributed by atoms with Crippen LogP contribution in [0.4, 0.5) is 34.1 Å². The van der Waals surface area contributed by atoms with Crippen LogP contribution in [0, 0.1) is 0 Å². The van der Waals surface area contributed by atoms with Crippen LogP contribution in [0.5, 0.6) is 17.2 Å². The van der Waals surface area contributed by atoms with E-state index < -0.39 is 78.5 Å². The molecule has 0 unspecified atom stereocenters. The molecule has 24 heteroatoms. The summed E-state index contributed by atoms with van der Waals surface area (Å²) >= 11 is 0. The number of carbonyl (C=O) groups is 1. The molecule has 0 saturated carbocycles. The Hall–Kier alpha value is -5.79. The molecule has 0 aliphatic carbocycles. The summed E-state index contributed by atoms with van der Waals surface area (Å²) in [7, 11) is -15.3. The van der Waals surface area contributed by atoms with Crippen molar-refractivity contribution >= 4 is 90.7 Å². The van der Waals surface area contributed by atoms with Gasteiger partial charge in [0.1, 0.15) is 49.8 Å². The number of carbonyl (C=O) groups excluding carboxylic acids is 1. The Morgan fingerprint density at radius 2 is 1.43 bits per heavy atom. The highest BCUT2D eigenvalue weighted by molar-refractivity contribution is 7.94. The number of fused-ring (bicyclic) bond motifs is 1. The summed E-state index contributed by atoms with van der Waals surface area (Å²) in [5.41, 5.74) is 4.08. The molecule has 4 rings (SSSR count). The first-order valence-electron chi connectivity index (χ1n) is 15.4. The number of sulfone groups is 2. The van der Waals surface area contributed by atoms with E-state index in [-0.39, 0.29) is 62.8 Å². The number of hydrogen-bond donors (Lipinski definition) is 5.